The molecule has 0 unspecified atom stereocenters. The molecule has 172 valence electrons. The van der Waals surface area contributed by atoms with E-state index in [0.717, 1.165) is 43.4 Å². The monoisotopic (exact) mass is 457 g/mol. The predicted molar refractivity (Wildman–Crippen MR) is 123 cm³/mol. The summed E-state index contributed by atoms with van der Waals surface area (Å²) in [4.78, 5) is 33.0. The third kappa shape index (κ3) is 5.41. The number of carbonyl (C=O) groups excluding carboxylic acids is 2. The summed E-state index contributed by atoms with van der Waals surface area (Å²) in [6.07, 6.45) is 5.22. The minimum atomic E-state index is -0.407. The lowest BCUT2D eigenvalue weighted by molar-refractivity contribution is -0.142. The molecule has 1 aromatic heterocycles. The van der Waals surface area contributed by atoms with E-state index in [9.17, 15) is 9.59 Å². The molecule has 2 aliphatic rings. The molecule has 0 spiro atoms. The van der Waals surface area contributed by atoms with Gasteiger partial charge in [0, 0.05) is 30.3 Å². The molecule has 1 aliphatic heterocycles. The van der Waals surface area contributed by atoms with Gasteiger partial charge >= 0.3 is 0 Å². The molecule has 4 rings (SSSR count). The van der Waals surface area contributed by atoms with Crippen molar-refractivity contribution >= 4 is 23.2 Å². The third-order valence-corrected chi connectivity index (χ3v) is 7.10. The van der Waals surface area contributed by atoms with Gasteiger partial charge in [-0.15, -0.1) is 11.3 Å². The van der Waals surface area contributed by atoms with E-state index in [1.165, 1.54) is 4.88 Å². The van der Waals surface area contributed by atoms with Crippen molar-refractivity contribution in [3.63, 3.8) is 0 Å². The number of nitrogens with zero attached hydrogens (tertiary/aromatic N) is 2. The van der Waals surface area contributed by atoms with Gasteiger partial charge in [0.25, 0.3) is 0 Å². The number of ether oxygens (including phenoxy) is 2. The molecule has 1 aliphatic carbocycles. The summed E-state index contributed by atoms with van der Waals surface area (Å²) < 4.78 is 11.5. The summed E-state index contributed by atoms with van der Waals surface area (Å²) in [5.74, 6) is 1.41. The fourth-order valence-electron chi connectivity index (χ4n) is 4.07. The van der Waals surface area contributed by atoms with Gasteiger partial charge in [-0.05, 0) is 56.7 Å². The topological polar surface area (TPSA) is 80.8 Å². The van der Waals surface area contributed by atoms with Gasteiger partial charge in [-0.1, -0.05) is 6.07 Å². The van der Waals surface area contributed by atoms with Crippen LogP contribution in [0.5, 0.6) is 11.5 Å². The molecule has 32 heavy (non-hydrogen) atoms. The standard InChI is InChI=1S/C24H31N3O4S/c1-16-22(32-15-26-16)10-12-31-20-9-6-17(13-21(20)30-2)14-27(24(29)18-7-8-18)19-5-3-4-11-25-23(19)28/h6,9,13,15,18-19H,3-5,7-8,10-12,14H2,1-2H3,(H,25,28)/t19-/m0/s1. The zero-order chi connectivity index (χ0) is 22.5. The van der Waals surface area contributed by atoms with E-state index in [2.05, 4.69) is 10.3 Å². The van der Waals surface area contributed by atoms with Gasteiger partial charge in [0.2, 0.25) is 11.8 Å². The van der Waals surface area contributed by atoms with Crippen molar-refractivity contribution in [1.82, 2.24) is 15.2 Å². The lowest BCUT2D eigenvalue weighted by atomic mass is 10.1. The highest BCUT2D eigenvalue weighted by atomic mass is 32.1. The van der Waals surface area contributed by atoms with Crippen LogP contribution in [-0.2, 0) is 22.6 Å². The first-order chi connectivity index (χ1) is 15.6. The molecule has 1 atom stereocenters. The second-order valence-electron chi connectivity index (χ2n) is 8.49. The highest BCUT2D eigenvalue weighted by molar-refractivity contribution is 7.09. The number of thiazole rings is 1. The highest BCUT2D eigenvalue weighted by Crippen LogP contribution is 2.34. The Labute approximate surface area is 193 Å². The molecule has 1 aromatic carbocycles. The van der Waals surface area contributed by atoms with Crippen molar-refractivity contribution < 1.29 is 19.1 Å². The summed E-state index contributed by atoms with van der Waals surface area (Å²) in [7, 11) is 1.62. The smallest absolute Gasteiger partial charge is 0.242 e. The zero-order valence-electron chi connectivity index (χ0n) is 18.8. The SMILES string of the molecule is COc1cc(CN(C(=O)C2CC2)[C@H]2CCCCNC2=O)ccc1OCCc1scnc1C. The Kier molecular flexibility index (Phi) is 7.29. The van der Waals surface area contributed by atoms with Gasteiger partial charge in [0.15, 0.2) is 11.5 Å². The van der Waals surface area contributed by atoms with E-state index >= 15 is 0 Å². The molecule has 2 heterocycles. The first-order valence-electron chi connectivity index (χ1n) is 11.3. The second-order valence-corrected chi connectivity index (χ2v) is 9.43. The first kappa shape index (κ1) is 22.6. The van der Waals surface area contributed by atoms with Crippen LogP contribution in [0.25, 0.3) is 0 Å². The van der Waals surface area contributed by atoms with E-state index in [0.29, 0.717) is 37.6 Å². The van der Waals surface area contributed by atoms with Crippen LogP contribution in [0.4, 0.5) is 0 Å². The number of benzene rings is 1. The van der Waals surface area contributed by atoms with Crippen LogP contribution < -0.4 is 14.8 Å². The average Bonchev–Trinajstić information content (AvgIpc) is 3.59. The first-order valence-corrected chi connectivity index (χ1v) is 12.2. The van der Waals surface area contributed by atoms with Crippen LogP contribution in [0.2, 0.25) is 0 Å². The van der Waals surface area contributed by atoms with Crippen molar-refractivity contribution in [3.05, 3.63) is 39.8 Å². The molecule has 0 radical (unpaired) electrons. The molecule has 7 nitrogen and oxygen atoms in total. The number of carbonyl (C=O) groups is 2. The van der Waals surface area contributed by atoms with Gasteiger partial charge in [0.05, 0.1) is 24.9 Å². The molecule has 1 saturated heterocycles. The van der Waals surface area contributed by atoms with E-state index in [-0.39, 0.29) is 17.7 Å². The fraction of sp³-hybridized carbons (Fsp3) is 0.542. The second kappa shape index (κ2) is 10.3. The molecule has 0 bridgehead atoms. The largest absolute Gasteiger partial charge is 0.493 e. The number of hydrogen-bond acceptors (Lipinski definition) is 6. The maximum Gasteiger partial charge on any atom is 0.242 e. The lowest BCUT2D eigenvalue weighted by Crippen LogP contribution is -2.48. The Morgan fingerprint density at radius 1 is 1.25 bits per heavy atom. The summed E-state index contributed by atoms with van der Waals surface area (Å²) in [6.45, 7) is 3.61. The van der Waals surface area contributed by atoms with E-state index < -0.39 is 6.04 Å². The van der Waals surface area contributed by atoms with Gasteiger partial charge in [-0.3, -0.25) is 9.59 Å². The molecule has 1 saturated carbocycles. The number of methoxy groups -OCH3 is 1. The molecular weight excluding hydrogens is 426 g/mol. The Balaban J connectivity index is 1.46. The molecule has 2 aromatic rings. The predicted octanol–water partition coefficient (Wildman–Crippen LogP) is 3.49. The van der Waals surface area contributed by atoms with Crippen LogP contribution in [0, 0.1) is 12.8 Å². The number of hydrogen-bond donors (Lipinski definition) is 1. The number of aromatic nitrogens is 1. The number of amides is 2. The Bertz CT molecular complexity index is 956. The maximum atomic E-state index is 13.1. The Morgan fingerprint density at radius 2 is 2.09 bits per heavy atom. The molecule has 8 heteroatoms. The highest BCUT2D eigenvalue weighted by Gasteiger charge is 2.39. The van der Waals surface area contributed by atoms with Crippen molar-refractivity contribution in [2.75, 3.05) is 20.3 Å². The van der Waals surface area contributed by atoms with Gasteiger partial charge in [0.1, 0.15) is 6.04 Å². The average molecular weight is 458 g/mol. The zero-order valence-corrected chi connectivity index (χ0v) is 19.6. The molecular formula is C24H31N3O4S. The van der Waals surface area contributed by atoms with Crippen molar-refractivity contribution in [1.29, 1.82) is 0 Å². The van der Waals surface area contributed by atoms with Gasteiger partial charge < -0.3 is 19.7 Å². The summed E-state index contributed by atoms with van der Waals surface area (Å²) >= 11 is 1.64. The number of aryl methyl sites for hydroxylation is 1. The van der Waals surface area contributed by atoms with Gasteiger partial charge in [-0.25, -0.2) is 4.98 Å². The normalized spacial score (nSPS) is 18.6. The summed E-state index contributed by atoms with van der Waals surface area (Å²) in [6, 6.07) is 5.35. The van der Waals surface area contributed by atoms with Crippen LogP contribution in [0.15, 0.2) is 23.7 Å². The van der Waals surface area contributed by atoms with Crippen LogP contribution in [0.1, 0.15) is 48.2 Å². The summed E-state index contributed by atoms with van der Waals surface area (Å²) in [5.41, 5.74) is 3.82. The summed E-state index contributed by atoms with van der Waals surface area (Å²) in [5, 5.41) is 2.96. The van der Waals surface area contributed by atoms with Crippen LogP contribution >= 0.6 is 11.3 Å². The lowest BCUT2D eigenvalue weighted by Gasteiger charge is -2.30. The fourth-order valence-corrected chi connectivity index (χ4v) is 4.84. The Hall–Kier alpha value is -2.61. The minimum absolute atomic E-state index is 0.0400. The maximum absolute atomic E-state index is 13.1. The van der Waals surface area contributed by atoms with Crippen molar-refractivity contribution in [2.45, 2.75) is 58.0 Å². The van der Waals surface area contributed by atoms with E-state index in [4.69, 9.17) is 9.47 Å². The number of rotatable bonds is 9. The van der Waals surface area contributed by atoms with E-state index in [1.807, 2.05) is 30.6 Å². The number of nitrogens with one attached hydrogen (secondary N) is 1. The molecule has 2 fully saturated rings. The van der Waals surface area contributed by atoms with Crippen LogP contribution in [0.3, 0.4) is 0 Å². The van der Waals surface area contributed by atoms with Crippen molar-refractivity contribution in [2.24, 2.45) is 5.92 Å². The van der Waals surface area contributed by atoms with Crippen molar-refractivity contribution in [3.8, 4) is 11.5 Å². The van der Waals surface area contributed by atoms with Crippen LogP contribution in [-0.4, -0.2) is 48.0 Å². The molecule has 2 amide bonds. The van der Waals surface area contributed by atoms with E-state index in [1.54, 1.807) is 23.3 Å². The minimum Gasteiger partial charge on any atom is -0.493 e. The Morgan fingerprint density at radius 3 is 2.81 bits per heavy atom. The quantitative estimate of drug-likeness (QED) is 0.624. The molecule has 1 N–H and O–H groups in total. The third-order valence-electron chi connectivity index (χ3n) is 6.10. The van der Waals surface area contributed by atoms with Gasteiger partial charge in [-0.2, -0.15) is 0 Å².